The van der Waals surface area contributed by atoms with Crippen LogP contribution in [0.1, 0.15) is 47.3 Å². The highest BCUT2D eigenvalue weighted by Gasteiger charge is 2.40. The number of anilines is 1. The first-order chi connectivity index (χ1) is 17.5. The third-order valence-corrected chi connectivity index (χ3v) is 6.88. The molecule has 5 rings (SSSR count). The first-order valence-electron chi connectivity index (χ1n) is 12.3. The number of pyridine rings is 1. The van der Waals surface area contributed by atoms with Crippen LogP contribution in [-0.2, 0) is 32.3 Å². The summed E-state index contributed by atoms with van der Waals surface area (Å²) >= 11 is 0. The van der Waals surface area contributed by atoms with Gasteiger partial charge in [-0.25, -0.2) is 4.98 Å². The Kier molecular flexibility index (Phi) is 6.95. The van der Waals surface area contributed by atoms with Gasteiger partial charge in [0.15, 0.2) is 0 Å². The van der Waals surface area contributed by atoms with Crippen LogP contribution >= 0.6 is 0 Å². The highest BCUT2D eigenvalue weighted by Crippen LogP contribution is 2.29. The van der Waals surface area contributed by atoms with Crippen molar-refractivity contribution in [3.63, 3.8) is 0 Å². The van der Waals surface area contributed by atoms with E-state index in [4.69, 9.17) is 4.74 Å². The van der Waals surface area contributed by atoms with Gasteiger partial charge in [0.1, 0.15) is 24.2 Å². The fourth-order valence-electron chi connectivity index (χ4n) is 4.95. The lowest BCUT2D eigenvalue weighted by molar-refractivity contribution is -0.137. The number of amides is 4. The van der Waals surface area contributed by atoms with Crippen molar-refractivity contribution < 1.29 is 23.9 Å². The molecule has 10 nitrogen and oxygen atoms in total. The maximum atomic E-state index is 13.0. The molecule has 1 atom stereocenters. The van der Waals surface area contributed by atoms with Gasteiger partial charge in [-0.2, -0.15) is 0 Å². The third kappa shape index (κ3) is 5.23. The van der Waals surface area contributed by atoms with Crippen LogP contribution in [0.15, 0.2) is 42.5 Å². The molecular weight excluding hydrogens is 462 g/mol. The number of nitrogens with zero attached hydrogens (tertiary/aromatic N) is 3. The number of fused-ring (bicyclic) bond motifs is 1. The molecule has 0 aliphatic carbocycles. The Morgan fingerprint density at radius 2 is 1.83 bits per heavy atom. The summed E-state index contributed by atoms with van der Waals surface area (Å²) in [6, 6.07) is 12.9. The van der Waals surface area contributed by atoms with Crippen molar-refractivity contribution in [1.82, 2.24) is 20.5 Å². The Balaban J connectivity index is 1.11. The van der Waals surface area contributed by atoms with Gasteiger partial charge in [-0.1, -0.05) is 36.4 Å². The fraction of sp³-hybridized carbons (Fsp3) is 0.423. The molecule has 10 heteroatoms. The van der Waals surface area contributed by atoms with Gasteiger partial charge >= 0.3 is 0 Å². The van der Waals surface area contributed by atoms with Crippen molar-refractivity contribution in [2.75, 3.05) is 24.6 Å². The largest absolute Gasteiger partial charge is 0.367 e. The summed E-state index contributed by atoms with van der Waals surface area (Å²) in [5.41, 5.74) is 2.17. The quantitative estimate of drug-likeness (QED) is 0.557. The van der Waals surface area contributed by atoms with Crippen molar-refractivity contribution in [2.24, 2.45) is 0 Å². The summed E-state index contributed by atoms with van der Waals surface area (Å²) in [6.45, 7) is 2.14. The van der Waals surface area contributed by atoms with E-state index in [1.165, 1.54) is 4.90 Å². The number of piperidine rings is 2. The summed E-state index contributed by atoms with van der Waals surface area (Å²) < 4.78 is 5.52. The van der Waals surface area contributed by atoms with Crippen LogP contribution in [0.25, 0.3) is 0 Å². The van der Waals surface area contributed by atoms with Gasteiger partial charge in [0, 0.05) is 37.7 Å². The zero-order valence-electron chi connectivity index (χ0n) is 19.9. The molecule has 2 aromatic rings. The summed E-state index contributed by atoms with van der Waals surface area (Å²) in [5.74, 6) is -0.427. The van der Waals surface area contributed by atoms with Gasteiger partial charge in [0.05, 0.1) is 6.61 Å². The van der Waals surface area contributed by atoms with Gasteiger partial charge in [-0.3, -0.25) is 24.5 Å². The van der Waals surface area contributed by atoms with Crippen LogP contribution in [-0.4, -0.2) is 65.3 Å². The Morgan fingerprint density at radius 1 is 1.06 bits per heavy atom. The average molecular weight is 492 g/mol. The summed E-state index contributed by atoms with van der Waals surface area (Å²) in [5, 5.41) is 5.36. The normalized spacial score (nSPS) is 20.3. The van der Waals surface area contributed by atoms with E-state index >= 15 is 0 Å². The minimum Gasteiger partial charge on any atom is -0.367 e. The second kappa shape index (κ2) is 10.4. The molecule has 1 unspecified atom stereocenters. The number of rotatable bonds is 7. The highest BCUT2D eigenvalue weighted by molar-refractivity contribution is 6.04. The molecule has 0 radical (unpaired) electrons. The summed E-state index contributed by atoms with van der Waals surface area (Å²) in [4.78, 5) is 57.2. The molecule has 0 spiro atoms. The van der Waals surface area contributed by atoms with E-state index in [1.807, 2.05) is 42.5 Å². The van der Waals surface area contributed by atoms with Gasteiger partial charge < -0.3 is 19.9 Å². The van der Waals surface area contributed by atoms with E-state index in [1.54, 1.807) is 0 Å². The molecule has 3 aliphatic rings. The minimum atomic E-state index is -0.649. The zero-order chi connectivity index (χ0) is 25.1. The standard InChI is InChI=1S/C26H29N5O5/c32-22-9-7-20(25(34)29-22)31-14-18-6-8-21(28-24(18)26(31)35)30-12-10-19(11-13-30)27-23(33)16-36-15-17-4-2-1-3-5-17/h1-6,8,19-20H,7,9-16H2,(H,27,33)(H,29,32,34). The summed E-state index contributed by atoms with van der Waals surface area (Å²) in [6.07, 6.45) is 2.08. The van der Waals surface area contributed by atoms with Gasteiger partial charge in [-0.15, -0.1) is 0 Å². The average Bonchev–Trinajstić information content (AvgIpc) is 3.20. The van der Waals surface area contributed by atoms with Crippen LogP contribution < -0.4 is 15.5 Å². The Hall–Kier alpha value is -3.79. The molecular formula is C26H29N5O5. The number of carbonyl (C=O) groups is 4. The highest BCUT2D eigenvalue weighted by atomic mass is 16.5. The Labute approximate surface area is 209 Å². The SMILES string of the molecule is O=C1CCC(N2Cc3ccc(N4CCC(NC(=O)COCc5ccccc5)CC4)nc3C2=O)C(=O)N1. The molecule has 4 heterocycles. The smallest absolute Gasteiger partial charge is 0.273 e. The number of benzene rings is 1. The van der Waals surface area contributed by atoms with E-state index < -0.39 is 11.9 Å². The second-order valence-corrected chi connectivity index (χ2v) is 9.38. The lowest BCUT2D eigenvalue weighted by Crippen LogP contribution is -2.52. The molecule has 1 aromatic carbocycles. The maximum Gasteiger partial charge on any atom is 0.273 e. The molecule has 188 valence electrons. The number of ether oxygens (including phenoxy) is 1. The van der Waals surface area contributed by atoms with Crippen LogP contribution in [0, 0.1) is 0 Å². The van der Waals surface area contributed by atoms with E-state index in [-0.39, 0.29) is 36.8 Å². The number of hydrogen-bond donors (Lipinski definition) is 2. The fourth-order valence-corrected chi connectivity index (χ4v) is 4.95. The van der Waals surface area contributed by atoms with Crippen LogP contribution in [0.5, 0.6) is 0 Å². The first kappa shape index (κ1) is 23.9. The van der Waals surface area contributed by atoms with Crippen LogP contribution in [0.4, 0.5) is 5.82 Å². The van der Waals surface area contributed by atoms with E-state index in [9.17, 15) is 19.2 Å². The minimum absolute atomic E-state index is 0.0211. The molecule has 3 aliphatic heterocycles. The van der Waals surface area contributed by atoms with Crippen molar-refractivity contribution >= 4 is 29.4 Å². The predicted molar refractivity (Wildman–Crippen MR) is 130 cm³/mol. The predicted octanol–water partition coefficient (Wildman–Crippen LogP) is 1.14. The third-order valence-electron chi connectivity index (χ3n) is 6.88. The van der Waals surface area contributed by atoms with E-state index in [0.717, 1.165) is 24.0 Å². The number of imide groups is 1. The number of carbonyl (C=O) groups excluding carboxylic acids is 4. The Morgan fingerprint density at radius 3 is 2.58 bits per heavy atom. The number of aromatic nitrogens is 1. The molecule has 0 bridgehead atoms. The molecule has 2 N–H and O–H groups in total. The Bertz CT molecular complexity index is 1160. The first-order valence-corrected chi connectivity index (χ1v) is 12.3. The van der Waals surface area contributed by atoms with Crippen molar-refractivity contribution in [1.29, 1.82) is 0 Å². The van der Waals surface area contributed by atoms with Crippen molar-refractivity contribution in [3.8, 4) is 0 Å². The lowest BCUT2D eigenvalue weighted by atomic mass is 10.0. The molecule has 2 fully saturated rings. The second-order valence-electron chi connectivity index (χ2n) is 9.38. The molecule has 36 heavy (non-hydrogen) atoms. The topological polar surface area (TPSA) is 121 Å². The van der Waals surface area contributed by atoms with Gasteiger partial charge in [0.2, 0.25) is 17.7 Å². The molecule has 2 saturated heterocycles. The van der Waals surface area contributed by atoms with Crippen molar-refractivity contribution in [3.05, 3.63) is 59.3 Å². The van der Waals surface area contributed by atoms with Crippen molar-refractivity contribution in [2.45, 2.75) is 50.9 Å². The molecule has 1 aromatic heterocycles. The molecule has 0 saturated carbocycles. The molecule has 4 amide bonds. The lowest BCUT2D eigenvalue weighted by Gasteiger charge is -2.33. The zero-order valence-corrected chi connectivity index (χ0v) is 19.9. The van der Waals surface area contributed by atoms with Gasteiger partial charge in [-0.05, 0) is 30.9 Å². The monoisotopic (exact) mass is 491 g/mol. The number of nitrogens with one attached hydrogen (secondary N) is 2. The van der Waals surface area contributed by atoms with E-state index in [2.05, 4.69) is 20.5 Å². The number of hydrogen-bond acceptors (Lipinski definition) is 7. The van der Waals surface area contributed by atoms with Crippen LogP contribution in [0.2, 0.25) is 0 Å². The van der Waals surface area contributed by atoms with E-state index in [0.29, 0.717) is 44.2 Å². The van der Waals surface area contributed by atoms with Crippen LogP contribution in [0.3, 0.4) is 0 Å². The van der Waals surface area contributed by atoms with Gasteiger partial charge in [0.25, 0.3) is 5.91 Å². The maximum absolute atomic E-state index is 13.0. The summed E-state index contributed by atoms with van der Waals surface area (Å²) in [7, 11) is 0.